The molecule has 22 heavy (non-hydrogen) atoms. The Balaban J connectivity index is 1.74. The van der Waals surface area contributed by atoms with Crippen LogP contribution in [0.3, 0.4) is 0 Å². The zero-order chi connectivity index (χ0) is 15.4. The van der Waals surface area contributed by atoms with Gasteiger partial charge >= 0.3 is 0 Å². The van der Waals surface area contributed by atoms with Crippen molar-refractivity contribution in [2.24, 2.45) is 0 Å². The van der Waals surface area contributed by atoms with Gasteiger partial charge in [-0.1, -0.05) is 0 Å². The molecular formula is C15H19N3O3S. The van der Waals surface area contributed by atoms with E-state index in [0.29, 0.717) is 24.0 Å². The Labute approximate surface area is 134 Å². The average Bonchev–Trinajstić information content (AvgIpc) is 2.90. The second kappa shape index (κ2) is 7.04. The average molecular weight is 321 g/mol. The van der Waals surface area contributed by atoms with Crippen molar-refractivity contribution in [2.45, 2.75) is 13.6 Å². The number of aromatic nitrogens is 2. The van der Waals surface area contributed by atoms with Gasteiger partial charge in [-0.3, -0.25) is 4.90 Å². The largest absolute Gasteiger partial charge is 0.494 e. The number of ether oxygens (including phenoxy) is 2. The highest BCUT2D eigenvalue weighted by molar-refractivity contribution is 7.71. The summed E-state index contributed by atoms with van der Waals surface area (Å²) >= 11 is 5.26. The van der Waals surface area contributed by atoms with E-state index in [0.717, 1.165) is 37.6 Å². The van der Waals surface area contributed by atoms with Crippen molar-refractivity contribution in [3.8, 4) is 17.2 Å². The van der Waals surface area contributed by atoms with Gasteiger partial charge in [-0.15, -0.1) is 5.10 Å². The Morgan fingerprint density at radius 3 is 2.64 bits per heavy atom. The number of rotatable bonds is 5. The zero-order valence-electron chi connectivity index (χ0n) is 12.5. The van der Waals surface area contributed by atoms with Crippen LogP contribution in [0.5, 0.6) is 5.75 Å². The molecule has 1 aliphatic heterocycles. The second-order valence-electron chi connectivity index (χ2n) is 5.00. The number of hydrogen-bond acceptors (Lipinski definition) is 6. The van der Waals surface area contributed by atoms with Gasteiger partial charge < -0.3 is 13.9 Å². The summed E-state index contributed by atoms with van der Waals surface area (Å²) in [5.41, 5.74) is 0.885. The summed E-state index contributed by atoms with van der Waals surface area (Å²) < 4.78 is 18.1. The van der Waals surface area contributed by atoms with Crippen LogP contribution in [-0.2, 0) is 11.4 Å². The minimum Gasteiger partial charge on any atom is -0.494 e. The maximum Gasteiger partial charge on any atom is 0.288 e. The van der Waals surface area contributed by atoms with Crippen molar-refractivity contribution < 1.29 is 13.9 Å². The summed E-state index contributed by atoms with van der Waals surface area (Å²) in [6.45, 7) is 6.49. The van der Waals surface area contributed by atoms with Gasteiger partial charge in [0.25, 0.3) is 4.84 Å². The summed E-state index contributed by atoms with van der Waals surface area (Å²) in [5, 5.41) is 4.47. The Bertz CT molecular complexity index is 659. The van der Waals surface area contributed by atoms with Crippen molar-refractivity contribution in [1.29, 1.82) is 0 Å². The van der Waals surface area contributed by atoms with Crippen molar-refractivity contribution in [1.82, 2.24) is 14.7 Å². The minimum atomic E-state index is 0.385. The summed E-state index contributed by atoms with van der Waals surface area (Å²) in [6.07, 6.45) is 0. The highest BCUT2D eigenvalue weighted by Crippen LogP contribution is 2.21. The molecule has 7 heteroatoms. The zero-order valence-corrected chi connectivity index (χ0v) is 13.3. The van der Waals surface area contributed by atoms with E-state index >= 15 is 0 Å². The first-order chi connectivity index (χ1) is 10.8. The van der Waals surface area contributed by atoms with Crippen molar-refractivity contribution >= 4 is 12.2 Å². The lowest BCUT2D eigenvalue weighted by Gasteiger charge is -2.25. The molecule has 0 atom stereocenters. The Morgan fingerprint density at radius 1 is 1.23 bits per heavy atom. The fourth-order valence-corrected chi connectivity index (χ4v) is 2.48. The Morgan fingerprint density at radius 2 is 1.95 bits per heavy atom. The summed E-state index contributed by atoms with van der Waals surface area (Å²) in [4.78, 5) is 2.62. The van der Waals surface area contributed by atoms with Crippen LogP contribution in [0.2, 0.25) is 0 Å². The van der Waals surface area contributed by atoms with E-state index in [-0.39, 0.29) is 0 Å². The van der Waals surface area contributed by atoms with E-state index in [2.05, 4.69) is 10.00 Å². The maximum atomic E-state index is 5.61. The topological polar surface area (TPSA) is 52.7 Å². The fraction of sp³-hybridized carbons (Fsp3) is 0.467. The normalized spacial score (nSPS) is 15.9. The predicted molar refractivity (Wildman–Crippen MR) is 84.3 cm³/mol. The third kappa shape index (κ3) is 3.55. The van der Waals surface area contributed by atoms with Crippen LogP contribution in [-0.4, -0.2) is 47.6 Å². The highest BCUT2D eigenvalue weighted by atomic mass is 32.1. The molecule has 1 aliphatic rings. The van der Waals surface area contributed by atoms with Gasteiger partial charge in [0.15, 0.2) is 0 Å². The monoisotopic (exact) mass is 321 g/mol. The lowest BCUT2D eigenvalue weighted by Crippen LogP contribution is -2.37. The first-order valence-electron chi connectivity index (χ1n) is 7.37. The first-order valence-corrected chi connectivity index (χ1v) is 7.78. The summed E-state index contributed by atoms with van der Waals surface area (Å²) in [5.74, 6) is 1.36. The van der Waals surface area contributed by atoms with Gasteiger partial charge in [0.2, 0.25) is 5.89 Å². The third-order valence-corrected chi connectivity index (χ3v) is 3.75. The second-order valence-corrected chi connectivity index (χ2v) is 5.35. The number of hydrogen-bond donors (Lipinski definition) is 0. The standard InChI is InChI=1S/C15H19N3O3S/c1-2-20-13-5-3-12(4-6-13)14-16-18(15(22)21-14)11-17-7-9-19-10-8-17/h3-6H,2,7-11H2,1H3. The van der Waals surface area contributed by atoms with Gasteiger partial charge in [0.05, 0.1) is 26.5 Å². The lowest BCUT2D eigenvalue weighted by atomic mass is 10.2. The molecule has 3 rings (SSSR count). The number of nitrogens with zero attached hydrogens (tertiary/aromatic N) is 3. The fourth-order valence-electron chi connectivity index (χ4n) is 2.30. The summed E-state index contributed by atoms with van der Waals surface area (Å²) in [7, 11) is 0. The third-order valence-electron chi connectivity index (χ3n) is 3.46. The summed E-state index contributed by atoms with van der Waals surface area (Å²) in [6, 6.07) is 7.64. The molecule has 0 spiro atoms. The molecular weight excluding hydrogens is 302 g/mol. The Kier molecular flexibility index (Phi) is 4.87. The molecule has 0 amide bonds. The van der Waals surface area contributed by atoms with Crippen LogP contribution in [0.1, 0.15) is 6.92 Å². The van der Waals surface area contributed by atoms with Crippen LogP contribution in [0.4, 0.5) is 0 Å². The van der Waals surface area contributed by atoms with E-state index < -0.39 is 0 Å². The van der Waals surface area contributed by atoms with E-state index in [1.54, 1.807) is 4.68 Å². The molecule has 0 saturated carbocycles. The molecule has 0 N–H and O–H groups in total. The molecule has 6 nitrogen and oxygen atoms in total. The van der Waals surface area contributed by atoms with E-state index in [9.17, 15) is 0 Å². The molecule has 0 radical (unpaired) electrons. The van der Waals surface area contributed by atoms with Crippen molar-refractivity contribution in [2.75, 3.05) is 32.9 Å². The van der Waals surface area contributed by atoms with Gasteiger partial charge in [0.1, 0.15) is 5.75 Å². The molecule has 0 aliphatic carbocycles. The predicted octanol–water partition coefficient (Wildman–Crippen LogP) is 2.56. The molecule has 1 fully saturated rings. The van der Waals surface area contributed by atoms with Crippen molar-refractivity contribution in [3.63, 3.8) is 0 Å². The van der Waals surface area contributed by atoms with E-state index in [1.807, 2.05) is 31.2 Å². The van der Waals surface area contributed by atoms with Crippen molar-refractivity contribution in [3.05, 3.63) is 29.1 Å². The maximum absolute atomic E-state index is 5.61. The van der Waals surface area contributed by atoms with Gasteiger partial charge in [-0.05, 0) is 43.4 Å². The van der Waals surface area contributed by atoms with Gasteiger partial charge in [-0.25, -0.2) is 4.68 Å². The smallest absolute Gasteiger partial charge is 0.288 e. The SMILES string of the molecule is CCOc1ccc(-c2nn(CN3CCOCC3)c(=S)o2)cc1. The number of benzene rings is 1. The molecule has 0 unspecified atom stereocenters. The highest BCUT2D eigenvalue weighted by Gasteiger charge is 2.14. The number of morpholine rings is 1. The Hall–Kier alpha value is -1.70. The quantitative estimate of drug-likeness (QED) is 0.789. The van der Waals surface area contributed by atoms with E-state index in [4.69, 9.17) is 26.1 Å². The van der Waals surface area contributed by atoms with Crippen LogP contribution in [0, 0.1) is 4.84 Å². The molecule has 2 heterocycles. The van der Waals surface area contributed by atoms with E-state index in [1.165, 1.54) is 0 Å². The van der Waals surface area contributed by atoms with Crippen LogP contribution >= 0.6 is 12.2 Å². The molecule has 1 aromatic carbocycles. The molecule has 118 valence electrons. The van der Waals surface area contributed by atoms with Gasteiger partial charge in [0, 0.05) is 18.7 Å². The first kappa shape index (κ1) is 15.2. The lowest BCUT2D eigenvalue weighted by molar-refractivity contribution is 0.0206. The van der Waals surface area contributed by atoms with Crippen LogP contribution < -0.4 is 4.74 Å². The van der Waals surface area contributed by atoms with Gasteiger partial charge in [-0.2, -0.15) is 0 Å². The molecule has 0 bridgehead atoms. The van der Waals surface area contributed by atoms with Crippen LogP contribution in [0.25, 0.3) is 11.5 Å². The minimum absolute atomic E-state index is 0.385. The molecule has 2 aromatic rings. The molecule has 1 saturated heterocycles. The molecule has 1 aromatic heterocycles. The van der Waals surface area contributed by atoms with Crippen LogP contribution in [0.15, 0.2) is 28.7 Å².